The van der Waals surface area contributed by atoms with Crippen LogP contribution in [0.3, 0.4) is 0 Å². The van der Waals surface area contributed by atoms with Crippen LogP contribution in [0.15, 0.2) is 16.5 Å². The van der Waals surface area contributed by atoms with E-state index in [0.717, 1.165) is 33.7 Å². The third-order valence-corrected chi connectivity index (χ3v) is 3.61. The Morgan fingerprint density at radius 1 is 1.35 bits per heavy atom. The summed E-state index contributed by atoms with van der Waals surface area (Å²) in [5.74, 6) is 0.850. The Morgan fingerprint density at radius 2 is 2.09 bits per heavy atom. The van der Waals surface area contributed by atoms with Crippen molar-refractivity contribution in [2.24, 2.45) is 7.05 Å². The fourth-order valence-electron chi connectivity index (χ4n) is 2.66. The minimum absolute atomic E-state index is 0.270. The summed E-state index contributed by atoms with van der Waals surface area (Å²) in [5.41, 5.74) is 3.28. The van der Waals surface area contributed by atoms with E-state index in [9.17, 15) is 4.79 Å². The van der Waals surface area contributed by atoms with Crippen molar-refractivity contribution in [2.75, 3.05) is 6.61 Å². The van der Waals surface area contributed by atoms with Crippen LogP contribution in [-0.2, 0) is 11.8 Å². The summed E-state index contributed by atoms with van der Waals surface area (Å²) in [4.78, 5) is 15.0. The average molecular weight is 315 g/mol. The van der Waals surface area contributed by atoms with Crippen LogP contribution in [0.1, 0.15) is 17.1 Å². The monoisotopic (exact) mass is 315 g/mol. The first kappa shape index (κ1) is 15.1. The van der Waals surface area contributed by atoms with Gasteiger partial charge < -0.3 is 14.3 Å². The second kappa shape index (κ2) is 5.42. The van der Waals surface area contributed by atoms with Crippen molar-refractivity contribution in [2.45, 2.75) is 20.8 Å². The predicted octanol–water partition coefficient (Wildman–Crippen LogP) is 2.62. The molecule has 7 nitrogen and oxygen atoms in total. The first-order valence-electron chi connectivity index (χ1n) is 7.13. The van der Waals surface area contributed by atoms with Crippen LogP contribution >= 0.6 is 0 Å². The highest BCUT2D eigenvalue weighted by molar-refractivity contribution is 5.94. The normalized spacial score (nSPS) is 11.1. The van der Waals surface area contributed by atoms with Gasteiger partial charge in [-0.15, -0.1) is 0 Å². The number of carboxylic acids is 1. The van der Waals surface area contributed by atoms with Gasteiger partial charge in [0.05, 0.1) is 5.39 Å². The van der Waals surface area contributed by atoms with E-state index in [4.69, 9.17) is 14.3 Å². The number of fused-ring (bicyclic) bond motifs is 1. The lowest BCUT2D eigenvalue weighted by Gasteiger charge is -2.05. The molecule has 0 spiro atoms. The molecule has 0 saturated carbocycles. The highest BCUT2D eigenvalue weighted by Gasteiger charge is 2.19. The molecule has 120 valence electrons. The number of carboxylic acid groups (broad SMARTS) is 1. The Kier molecular flexibility index (Phi) is 3.55. The summed E-state index contributed by atoms with van der Waals surface area (Å²) in [6.07, 6.45) is 0. The molecule has 1 N–H and O–H groups in total. The van der Waals surface area contributed by atoms with Crippen molar-refractivity contribution in [3.63, 3.8) is 0 Å². The van der Waals surface area contributed by atoms with Crippen LogP contribution in [0.5, 0.6) is 5.88 Å². The number of nitrogens with zero attached hydrogens (tertiary/aromatic N) is 3. The zero-order valence-electron chi connectivity index (χ0n) is 13.4. The minimum atomic E-state index is -1.04. The van der Waals surface area contributed by atoms with E-state index in [1.165, 1.54) is 0 Å². The first-order chi connectivity index (χ1) is 10.9. The van der Waals surface area contributed by atoms with Gasteiger partial charge in [0, 0.05) is 18.7 Å². The van der Waals surface area contributed by atoms with Crippen molar-refractivity contribution >= 4 is 17.0 Å². The molecule has 0 aliphatic carbocycles. The highest BCUT2D eigenvalue weighted by Crippen LogP contribution is 2.34. The number of carbonyl (C=O) groups is 1. The zero-order valence-corrected chi connectivity index (χ0v) is 13.4. The first-order valence-corrected chi connectivity index (χ1v) is 7.13. The molecule has 0 aliphatic rings. The lowest BCUT2D eigenvalue weighted by Crippen LogP contribution is -2.10. The Hall–Kier alpha value is -2.83. The minimum Gasteiger partial charge on any atom is -0.479 e. The third kappa shape index (κ3) is 2.65. The lowest BCUT2D eigenvalue weighted by atomic mass is 10.1. The predicted molar refractivity (Wildman–Crippen MR) is 83.6 cm³/mol. The molecule has 3 aromatic rings. The second-order valence-corrected chi connectivity index (χ2v) is 5.46. The number of aryl methyl sites for hydroxylation is 4. The van der Waals surface area contributed by atoms with E-state index >= 15 is 0 Å². The maximum Gasteiger partial charge on any atom is 0.341 e. The van der Waals surface area contributed by atoms with Gasteiger partial charge in [0.15, 0.2) is 12.3 Å². The van der Waals surface area contributed by atoms with Crippen molar-refractivity contribution in [1.82, 2.24) is 14.8 Å². The van der Waals surface area contributed by atoms with Gasteiger partial charge in [0.2, 0.25) is 5.88 Å². The van der Waals surface area contributed by atoms with E-state index in [-0.39, 0.29) is 5.88 Å². The van der Waals surface area contributed by atoms with Crippen molar-refractivity contribution in [3.05, 3.63) is 29.2 Å². The molecule has 0 unspecified atom stereocenters. The van der Waals surface area contributed by atoms with E-state index in [1.807, 2.05) is 26.8 Å². The lowest BCUT2D eigenvalue weighted by molar-refractivity contribution is -0.139. The molecule has 3 aromatic heterocycles. The smallest absolute Gasteiger partial charge is 0.341 e. The van der Waals surface area contributed by atoms with Crippen molar-refractivity contribution in [3.8, 4) is 17.1 Å². The Morgan fingerprint density at radius 3 is 2.70 bits per heavy atom. The molecule has 23 heavy (non-hydrogen) atoms. The van der Waals surface area contributed by atoms with E-state index < -0.39 is 12.6 Å². The van der Waals surface area contributed by atoms with E-state index in [0.29, 0.717) is 5.65 Å². The van der Waals surface area contributed by atoms with Crippen LogP contribution in [0, 0.1) is 20.8 Å². The maximum atomic E-state index is 10.6. The molecule has 0 radical (unpaired) electrons. The topological polar surface area (TPSA) is 90.4 Å². The molecular formula is C16H17N3O4. The van der Waals surface area contributed by atoms with Crippen molar-refractivity contribution in [1.29, 1.82) is 0 Å². The Labute approximate surface area is 132 Å². The van der Waals surface area contributed by atoms with E-state index in [1.54, 1.807) is 17.8 Å². The van der Waals surface area contributed by atoms with Gasteiger partial charge in [-0.25, -0.2) is 9.48 Å². The highest BCUT2D eigenvalue weighted by atomic mass is 16.5. The quantitative estimate of drug-likeness (QED) is 0.796. The molecule has 0 bridgehead atoms. The summed E-state index contributed by atoms with van der Waals surface area (Å²) >= 11 is 0. The van der Waals surface area contributed by atoms with E-state index in [2.05, 4.69) is 10.1 Å². The second-order valence-electron chi connectivity index (χ2n) is 5.46. The number of aliphatic carboxylic acids is 1. The van der Waals surface area contributed by atoms with Crippen LogP contribution in [0.2, 0.25) is 0 Å². The van der Waals surface area contributed by atoms with Crippen molar-refractivity contribution < 1.29 is 19.1 Å². The van der Waals surface area contributed by atoms with Gasteiger partial charge >= 0.3 is 5.97 Å². The maximum absolute atomic E-state index is 10.6. The molecule has 3 rings (SSSR count). The number of aromatic nitrogens is 3. The summed E-state index contributed by atoms with van der Waals surface area (Å²) in [5, 5.41) is 14.2. The number of hydrogen-bond donors (Lipinski definition) is 1. The number of ether oxygens (including phenoxy) is 1. The van der Waals surface area contributed by atoms with Crippen LogP contribution < -0.4 is 4.74 Å². The molecule has 0 amide bonds. The van der Waals surface area contributed by atoms with Crippen LogP contribution in [-0.4, -0.2) is 32.4 Å². The molecule has 0 fully saturated rings. The van der Waals surface area contributed by atoms with Crippen LogP contribution in [0.4, 0.5) is 0 Å². The Balaban J connectivity index is 2.16. The third-order valence-electron chi connectivity index (χ3n) is 3.61. The summed E-state index contributed by atoms with van der Waals surface area (Å²) in [6.45, 7) is 5.29. The van der Waals surface area contributed by atoms with Gasteiger partial charge in [-0.05, 0) is 32.4 Å². The fourth-order valence-corrected chi connectivity index (χ4v) is 2.66. The standard InChI is InChI=1S/C16H17N3O4/c1-8-5-12(22-7-13(20)21)17-16-14(8)15(18-19(16)4)11-6-9(2)23-10(11)3/h5-6H,7H2,1-4H3,(H,20,21). The van der Waals surface area contributed by atoms with Gasteiger partial charge in [0.25, 0.3) is 0 Å². The molecule has 0 aliphatic heterocycles. The van der Waals surface area contributed by atoms with Gasteiger partial charge in [-0.3, -0.25) is 0 Å². The number of pyridine rings is 1. The molecule has 0 aromatic carbocycles. The zero-order chi connectivity index (χ0) is 16.7. The van der Waals surface area contributed by atoms with Gasteiger partial charge in [-0.1, -0.05) is 0 Å². The molecule has 7 heteroatoms. The summed E-state index contributed by atoms with van der Waals surface area (Å²) < 4.78 is 12.4. The molecule has 3 heterocycles. The summed E-state index contributed by atoms with van der Waals surface area (Å²) in [6, 6.07) is 3.67. The molecule has 0 atom stereocenters. The summed E-state index contributed by atoms with van der Waals surface area (Å²) in [7, 11) is 1.79. The number of rotatable bonds is 4. The Bertz CT molecular complexity index is 908. The SMILES string of the molecule is Cc1cc(-c2nn(C)c3nc(OCC(=O)O)cc(C)c23)c(C)o1. The van der Waals surface area contributed by atoms with Crippen LogP contribution in [0.25, 0.3) is 22.3 Å². The molecular weight excluding hydrogens is 298 g/mol. The van der Waals surface area contributed by atoms with Gasteiger partial charge in [0.1, 0.15) is 17.2 Å². The van der Waals surface area contributed by atoms with Gasteiger partial charge in [-0.2, -0.15) is 10.1 Å². The number of furan rings is 1. The number of hydrogen-bond acceptors (Lipinski definition) is 5. The largest absolute Gasteiger partial charge is 0.479 e. The fraction of sp³-hybridized carbons (Fsp3) is 0.312. The average Bonchev–Trinajstić information content (AvgIpc) is 2.97. The molecule has 0 saturated heterocycles.